The summed E-state index contributed by atoms with van der Waals surface area (Å²) in [5, 5.41) is 4.03. The molecule has 0 saturated heterocycles. The van der Waals surface area contributed by atoms with Crippen molar-refractivity contribution in [1.29, 1.82) is 0 Å². The Hall–Kier alpha value is -1.21. The average Bonchev–Trinajstić information content (AvgIpc) is 2.78. The van der Waals surface area contributed by atoms with E-state index in [0.29, 0.717) is 16.8 Å². The Labute approximate surface area is 117 Å². The summed E-state index contributed by atoms with van der Waals surface area (Å²) in [5.74, 6) is 0.696. The van der Waals surface area contributed by atoms with E-state index in [-0.39, 0.29) is 5.56 Å². The second-order valence-electron chi connectivity index (χ2n) is 3.71. The Kier molecular flexibility index (Phi) is 4.13. The summed E-state index contributed by atoms with van der Waals surface area (Å²) in [7, 11) is 0. The molecule has 0 spiro atoms. The van der Waals surface area contributed by atoms with Gasteiger partial charge in [0.2, 0.25) is 0 Å². The van der Waals surface area contributed by atoms with Crippen LogP contribution in [0.25, 0.3) is 0 Å². The number of halogens is 1. The van der Waals surface area contributed by atoms with Crippen molar-refractivity contribution < 1.29 is 0 Å². The smallest absolute Gasteiger partial charge is 0.268 e. The molecule has 2 aromatic rings. The summed E-state index contributed by atoms with van der Waals surface area (Å²) in [6.07, 6.45) is 3.32. The lowest BCUT2D eigenvalue weighted by Gasteiger charge is -2.07. The Balaban J connectivity index is 2.28. The SMILES string of the molecule is CCNc1ncc(Cn2c(C)ncc(Br)c2=O)s1. The molecule has 1 N–H and O–H groups in total. The first-order chi connectivity index (χ1) is 8.61. The van der Waals surface area contributed by atoms with Crippen LogP contribution in [0.3, 0.4) is 0 Å². The molecule has 0 aliphatic rings. The van der Waals surface area contributed by atoms with Crippen LogP contribution in [-0.4, -0.2) is 21.1 Å². The van der Waals surface area contributed by atoms with Crippen molar-refractivity contribution in [3.63, 3.8) is 0 Å². The molecule has 0 aliphatic heterocycles. The van der Waals surface area contributed by atoms with Gasteiger partial charge in [-0.2, -0.15) is 0 Å². The lowest BCUT2D eigenvalue weighted by Crippen LogP contribution is -2.24. The predicted octanol–water partition coefficient (Wildman–Crippen LogP) is 2.25. The van der Waals surface area contributed by atoms with Gasteiger partial charge in [0.15, 0.2) is 5.13 Å². The Bertz CT molecular complexity index is 607. The normalized spacial score (nSPS) is 10.6. The van der Waals surface area contributed by atoms with Crippen LogP contribution in [0.4, 0.5) is 5.13 Å². The standard InChI is InChI=1S/C11H13BrN4OS/c1-3-13-11-15-4-8(18-11)6-16-7(2)14-5-9(12)10(16)17/h4-5H,3,6H2,1-2H3,(H,13,15). The zero-order chi connectivity index (χ0) is 13.1. The van der Waals surface area contributed by atoms with Gasteiger partial charge in [-0.15, -0.1) is 11.3 Å². The number of anilines is 1. The van der Waals surface area contributed by atoms with E-state index in [9.17, 15) is 4.79 Å². The molecule has 0 amide bonds. The highest BCUT2D eigenvalue weighted by Crippen LogP contribution is 2.18. The minimum atomic E-state index is -0.0686. The molecular formula is C11H13BrN4OS. The van der Waals surface area contributed by atoms with Crippen molar-refractivity contribution >= 4 is 32.4 Å². The quantitative estimate of drug-likeness (QED) is 0.935. The number of thiazole rings is 1. The highest BCUT2D eigenvalue weighted by atomic mass is 79.9. The van der Waals surface area contributed by atoms with Crippen LogP contribution >= 0.6 is 27.3 Å². The number of hydrogen-bond acceptors (Lipinski definition) is 5. The van der Waals surface area contributed by atoms with Gasteiger partial charge in [-0.25, -0.2) is 9.97 Å². The Morgan fingerprint density at radius 3 is 2.94 bits per heavy atom. The topological polar surface area (TPSA) is 59.8 Å². The molecule has 0 saturated carbocycles. The monoisotopic (exact) mass is 328 g/mol. The zero-order valence-corrected chi connectivity index (χ0v) is 12.5. The van der Waals surface area contributed by atoms with E-state index in [1.807, 2.05) is 13.8 Å². The molecule has 2 aromatic heterocycles. The molecule has 2 rings (SSSR count). The molecular weight excluding hydrogens is 316 g/mol. The van der Waals surface area contributed by atoms with Gasteiger partial charge in [0, 0.05) is 23.8 Å². The van der Waals surface area contributed by atoms with Gasteiger partial charge in [-0.3, -0.25) is 9.36 Å². The lowest BCUT2D eigenvalue weighted by atomic mass is 10.4. The van der Waals surface area contributed by atoms with Crippen molar-refractivity contribution in [1.82, 2.24) is 14.5 Å². The van der Waals surface area contributed by atoms with Gasteiger partial charge in [0.05, 0.1) is 6.54 Å². The van der Waals surface area contributed by atoms with Crippen molar-refractivity contribution in [3.05, 3.63) is 37.9 Å². The van der Waals surface area contributed by atoms with E-state index in [1.54, 1.807) is 22.1 Å². The molecule has 7 heteroatoms. The number of aryl methyl sites for hydroxylation is 1. The predicted molar refractivity (Wildman–Crippen MR) is 76.3 cm³/mol. The van der Waals surface area contributed by atoms with Crippen LogP contribution in [-0.2, 0) is 6.54 Å². The van der Waals surface area contributed by atoms with Gasteiger partial charge in [-0.1, -0.05) is 0 Å². The fourth-order valence-corrected chi connectivity index (χ4v) is 2.69. The molecule has 18 heavy (non-hydrogen) atoms. The number of rotatable bonds is 4. The van der Waals surface area contributed by atoms with Crippen LogP contribution in [0.5, 0.6) is 0 Å². The number of aromatic nitrogens is 3. The van der Waals surface area contributed by atoms with E-state index in [1.165, 1.54) is 6.20 Å². The third-order valence-corrected chi connectivity index (χ3v) is 3.88. The minimum Gasteiger partial charge on any atom is -0.362 e. The summed E-state index contributed by atoms with van der Waals surface area (Å²) >= 11 is 4.75. The maximum absolute atomic E-state index is 12.0. The van der Waals surface area contributed by atoms with Crippen molar-refractivity contribution in [3.8, 4) is 0 Å². The summed E-state index contributed by atoms with van der Waals surface area (Å²) in [6.45, 7) is 5.18. The van der Waals surface area contributed by atoms with Crippen LogP contribution in [0, 0.1) is 6.92 Å². The molecule has 0 atom stereocenters. The zero-order valence-electron chi connectivity index (χ0n) is 10.1. The molecule has 0 unspecified atom stereocenters. The molecule has 2 heterocycles. The van der Waals surface area contributed by atoms with Gasteiger partial charge in [-0.05, 0) is 29.8 Å². The minimum absolute atomic E-state index is 0.0686. The van der Waals surface area contributed by atoms with Crippen LogP contribution < -0.4 is 10.9 Å². The lowest BCUT2D eigenvalue weighted by molar-refractivity contribution is 0.702. The first kappa shape index (κ1) is 13.2. The first-order valence-electron chi connectivity index (χ1n) is 5.52. The van der Waals surface area contributed by atoms with Gasteiger partial charge in [0.25, 0.3) is 5.56 Å². The fraction of sp³-hybridized carbons (Fsp3) is 0.364. The molecule has 0 radical (unpaired) electrons. The van der Waals surface area contributed by atoms with Crippen molar-refractivity contribution in [2.75, 3.05) is 11.9 Å². The summed E-state index contributed by atoms with van der Waals surface area (Å²) in [5.41, 5.74) is -0.0686. The van der Waals surface area contributed by atoms with Crippen LogP contribution in [0.15, 0.2) is 21.7 Å². The molecule has 0 fully saturated rings. The van der Waals surface area contributed by atoms with E-state index in [2.05, 4.69) is 31.2 Å². The van der Waals surface area contributed by atoms with E-state index < -0.39 is 0 Å². The summed E-state index contributed by atoms with van der Waals surface area (Å²) in [4.78, 5) is 21.4. The Morgan fingerprint density at radius 2 is 2.22 bits per heavy atom. The van der Waals surface area contributed by atoms with E-state index in [4.69, 9.17) is 0 Å². The molecule has 0 bridgehead atoms. The third kappa shape index (κ3) is 2.78. The summed E-state index contributed by atoms with van der Waals surface area (Å²) < 4.78 is 2.11. The molecule has 5 nitrogen and oxygen atoms in total. The Morgan fingerprint density at radius 1 is 1.44 bits per heavy atom. The van der Waals surface area contributed by atoms with Gasteiger partial charge >= 0.3 is 0 Å². The van der Waals surface area contributed by atoms with Crippen molar-refractivity contribution in [2.45, 2.75) is 20.4 Å². The second kappa shape index (κ2) is 5.62. The number of nitrogens with zero attached hydrogens (tertiary/aromatic N) is 3. The average molecular weight is 329 g/mol. The number of hydrogen-bond donors (Lipinski definition) is 1. The van der Waals surface area contributed by atoms with Crippen LogP contribution in [0.2, 0.25) is 0 Å². The largest absolute Gasteiger partial charge is 0.362 e. The van der Waals surface area contributed by atoms with Crippen molar-refractivity contribution in [2.24, 2.45) is 0 Å². The first-order valence-corrected chi connectivity index (χ1v) is 7.13. The van der Waals surface area contributed by atoms with E-state index >= 15 is 0 Å². The maximum atomic E-state index is 12.0. The summed E-state index contributed by atoms with van der Waals surface area (Å²) in [6, 6.07) is 0. The van der Waals surface area contributed by atoms with Crippen LogP contribution in [0.1, 0.15) is 17.6 Å². The third-order valence-electron chi connectivity index (χ3n) is 2.40. The maximum Gasteiger partial charge on any atom is 0.268 e. The highest BCUT2D eigenvalue weighted by Gasteiger charge is 2.08. The second-order valence-corrected chi connectivity index (χ2v) is 5.68. The highest BCUT2D eigenvalue weighted by molar-refractivity contribution is 9.10. The molecule has 0 aliphatic carbocycles. The number of nitrogens with one attached hydrogen (secondary N) is 1. The van der Waals surface area contributed by atoms with Gasteiger partial charge < -0.3 is 5.32 Å². The van der Waals surface area contributed by atoms with Gasteiger partial charge in [0.1, 0.15) is 10.3 Å². The fourth-order valence-electron chi connectivity index (χ4n) is 1.51. The molecule has 96 valence electrons. The van der Waals surface area contributed by atoms with E-state index in [0.717, 1.165) is 16.6 Å². The molecule has 0 aromatic carbocycles.